The molecule has 4 rings (SSSR count). The van der Waals surface area contributed by atoms with Gasteiger partial charge in [-0.2, -0.15) is 0 Å². The lowest BCUT2D eigenvalue weighted by atomic mass is 9.81. The number of benzene rings is 1. The molecule has 2 aliphatic rings. The van der Waals surface area contributed by atoms with Crippen LogP contribution in [0.25, 0.3) is 0 Å². The quantitative estimate of drug-likeness (QED) is 0.413. The molecule has 0 bridgehead atoms. The smallest absolute Gasteiger partial charge is 0.404 e. The molecule has 9 nitrogen and oxygen atoms in total. The number of primary amides is 1. The molecule has 2 amide bonds. The summed E-state index contributed by atoms with van der Waals surface area (Å²) >= 11 is 8.05. The van der Waals surface area contributed by atoms with Crippen molar-refractivity contribution in [1.29, 1.82) is 0 Å². The van der Waals surface area contributed by atoms with Crippen molar-refractivity contribution in [2.75, 3.05) is 43.0 Å². The zero-order valence-corrected chi connectivity index (χ0v) is 22.7. The minimum absolute atomic E-state index is 0.00875. The lowest BCUT2D eigenvalue weighted by molar-refractivity contribution is -0.116. The molecule has 2 aromatic rings. The van der Waals surface area contributed by atoms with Gasteiger partial charge in [0.05, 0.1) is 29.7 Å². The number of ether oxygens (including phenoxy) is 1. The van der Waals surface area contributed by atoms with Crippen LogP contribution in [0.5, 0.6) is 0 Å². The maximum Gasteiger partial charge on any atom is 0.404 e. The van der Waals surface area contributed by atoms with Gasteiger partial charge < -0.3 is 26.0 Å². The number of nitrogens with one attached hydrogen (secondary N) is 2. The third-order valence-electron chi connectivity index (χ3n) is 7.16. The molecule has 0 atom stereocenters. The molecule has 2 saturated heterocycles. The second-order valence-corrected chi connectivity index (χ2v) is 11.6. The largest absolute Gasteiger partial charge is 0.449 e. The molecule has 0 aliphatic carbocycles. The Bertz CT molecular complexity index is 1070. The van der Waals surface area contributed by atoms with Crippen LogP contribution < -0.4 is 21.3 Å². The molecule has 3 heterocycles. The van der Waals surface area contributed by atoms with Gasteiger partial charge >= 0.3 is 6.09 Å². The Balaban J connectivity index is 1.29. The van der Waals surface area contributed by atoms with Crippen molar-refractivity contribution >= 4 is 46.9 Å². The van der Waals surface area contributed by atoms with E-state index < -0.39 is 6.09 Å². The summed E-state index contributed by atoms with van der Waals surface area (Å²) in [6.45, 7) is 6.10. The van der Waals surface area contributed by atoms with Gasteiger partial charge in [-0.1, -0.05) is 36.4 Å². The molecule has 11 heteroatoms. The van der Waals surface area contributed by atoms with Gasteiger partial charge in [0.15, 0.2) is 0 Å². The van der Waals surface area contributed by atoms with Gasteiger partial charge in [0.2, 0.25) is 5.91 Å². The SMILES string of the molecule is CC1(COC(N)=O)CCN(c2cnc(Sc3cccc(NC(=O)CCC4CCNCC4)c3Cl)cn2)CC1. The van der Waals surface area contributed by atoms with Crippen LogP contribution >= 0.6 is 23.4 Å². The van der Waals surface area contributed by atoms with Crippen molar-refractivity contribution in [1.82, 2.24) is 15.3 Å². The Hall–Kier alpha value is -2.56. The average Bonchev–Trinajstić information content (AvgIpc) is 2.90. The number of amides is 2. The third kappa shape index (κ3) is 7.96. The van der Waals surface area contributed by atoms with Crippen LogP contribution in [0.15, 0.2) is 40.5 Å². The average molecular weight is 547 g/mol. The highest BCUT2D eigenvalue weighted by Crippen LogP contribution is 2.37. The maximum atomic E-state index is 12.5. The Kier molecular flexibility index (Phi) is 9.50. The predicted molar refractivity (Wildman–Crippen MR) is 146 cm³/mol. The molecule has 37 heavy (non-hydrogen) atoms. The third-order valence-corrected chi connectivity index (χ3v) is 8.66. The van der Waals surface area contributed by atoms with Gasteiger partial charge in [-0.05, 0) is 63.2 Å². The van der Waals surface area contributed by atoms with Crippen LogP contribution in [0.2, 0.25) is 5.02 Å². The van der Waals surface area contributed by atoms with Crippen molar-refractivity contribution in [2.24, 2.45) is 17.1 Å². The van der Waals surface area contributed by atoms with Gasteiger partial charge in [0.1, 0.15) is 10.8 Å². The summed E-state index contributed by atoms with van der Waals surface area (Å²) in [4.78, 5) is 35.6. The number of halogens is 1. The van der Waals surface area contributed by atoms with E-state index >= 15 is 0 Å². The summed E-state index contributed by atoms with van der Waals surface area (Å²) in [6, 6.07) is 5.61. The normalized spacial score (nSPS) is 17.8. The van der Waals surface area contributed by atoms with Gasteiger partial charge in [-0.15, -0.1) is 0 Å². The topological polar surface area (TPSA) is 122 Å². The molecule has 0 unspecified atom stereocenters. The van der Waals surface area contributed by atoms with E-state index in [9.17, 15) is 9.59 Å². The van der Waals surface area contributed by atoms with Crippen LogP contribution in [0, 0.1) is 11.3 Å². The maximum absolute atomic E-state index is 12.5. The first-order valence-electron chi connectivity index (χ1n) is 12.8. The number of hydrogen-bond donors (Lipinski definition) is 3. The van der Waals surface area contributed by atoms with Crippen molar-refractivity contribution in [3.63, 3.8) is 0 Å². The molecule has 0 spiro atoms. The number of anilines is 2. The molecule has 2 fully saturated rings. The fraction of sp³-hybridized carbons (Fsp3) is 0.538. The second-order valence-electron chi connectivity index (χ2n) is 10.1. The molecule has 200 valence electrons. The minimum atomic E-state index is -0.733. The van der Waals surface area contributed by atoms with E-state index in [2.05, 4.69) is 32.4 Å². The number of carbonyl (C=O) groups excluding carboxylic acids is 2. The van der Waals surface area contributed by atoms with Crippen molar-refractivity contribution < 1.29 is 14.3 Å². The molecule has 4 N–H and O–H groups in total. The number of carbonyl (C=O) groups is 2. The van der Waals surface area contributed by atoms with Crippen LogP contribution in [0.3, 0.4) is 0 Å². The van der Waals surface area contributed by atoms with Crippen molar-refractivity contribution in [2.45, 2.75) is 55.4 Å². The number of nitrogens with zero attached hydrogens (tertiary/aromatic N) is 3. The van der Waals surface area contributed by atoms with E-state index in [4.69, 9.17) is 22.1 Å². The molecule has 1 aromatic heterocycles. The monoisotopic (exact) mass is 546 g/mol. The summed E-state index contributed by atoms with van der Waals surface area (Å²) in [7, 11) is 0. The van der Waals surface area contributed by atoms with E-state index in [1.807, 2.05) is 18.2 Å². The Morgan fingerprint density at radius 1 is 1.24 bits per heavy atom. The molecule has 1 aromatic carbocycles. The van der Waals surface area contributed by atoms with E-state index in [1.165, 1.54) is 11.8 Å². The van der Waals surface area contributed by atoms with Crippen LogP contribution in [-0.4, -0.2) is 54.8 Å². The number of rotatable bonds is 9. The number of aromatic nitrogens is 2. The number of piperidine rings is 2. The lowest BCUT2D eigenvalue weighted by Crippen LogP contribution is -2.42. The first kappa shape index (κ1) is 27.5. The van der Waals surface area contributed by atoms with Crippen LogP contribution in [-0.2, 0) is 9.53 Å². The summed E-state index contributed by atoms with van der Waals surface area (Å²) < 4.78 is 5.03. The van der Waals surface area contributed by atoms with Gasteiger partial charge in [0, 0.05) is 29.8 Å². The number of hydrogen-bond acceptors (Lipinski definition) is 8. The summed E-state index contributed by atoms with van der Waals surface area (Å²) in [5.41, 5.74) is 5.64. The predicted octanol–water partition coefficient (Wildman–Crippen LogP) is 4.70. The van der Waals surface area contributed by atoms with Gasteiger partial charge in [0.25, 0.3) is 0 Å². The Labute approximate surface area is 227 Å². The van der Waals surface area contributed by atoms with Crippen LogP contribution in [0.1, 0.15) is 45.4 Å². The van der Waals surface area contributed by atoms with Gasteiger partial charge in [-0.3, -0.25) is 4.79 Å². The zero-order valence-electron chi connectivity index (χ0n) is 21.2. The highest BCUT2D eigenvalue weighted by Gasteiger charge is 2.32. The minimum Gasteiger partial charge on any atom is -0.449 e. The summed E-state index contributed by atoms with van der Waals surface area (Å²) in [5, 5.41) is 7.55. The fourth-order valence-electron chi connectivity index (χ4n) is 4.71. The molecular weight excluding hydrogens is 512 g/mol. The second kappa shape index (κ2) is 12.8. The molecule has 0 radical (unpaired) electrons. The van der Waals surface area contributed by atoms with Crippen LogP contribution in [0.4, 0.5) is 16.3 Å². The van der Waals surface area contributed by atoms with E-state index in [0.717, 1.165) is 74.0 Å². The standard InChI is InChI=1S/C26H35ClN6O3S/c1-26(17-36-25(28)35)9-13-33(14-10-26)21-15-31-23(16-30-21)37-20-4-2-3-19(24(20)27)32-22(34)6-5-18-7-11-29-12-8-18/h2-4,15-16,18,29H,5-14,17H2,1H3,(H2,28,35)(H,32,34). The summed E-state index contributed by atoms with van der Waals surface area (Å²) in [6.07, 6.45) is 8.16. The van der Waals surface area contributed by atoms with Crippen molar-refractivity contribution in [3.8, 4) is 0 Å². The lowest BCUT2D eigenvalue weighted by Gasteiger charge is -2.39. The first-order valence-corrected chi connectivity index (χ1v) is 14.0. The Morgan fingerprint density at radius 3 is 2.68 bits per heavy atom. The molecular formula is C26H35ClN6O3S. The molecule has 0 saturated carbocycles. The van der Waals surface area contributed by atoms with Crippen molar-refractivity contribution in [3.05, 3.63) is 35.6 Å². The highest BCUT2D eigenvalue weighted by molar-refractivity contribution is 7.99. The fourth-order valence-corrected chi connectivity index (χ4v) is 5.78. The number of nitrogens with two attached hydrogens (primary N) is 1. The van der Waals surface area contributed by atoms with Gasteiger partial charge in [-0.25, -0.2) is 14.8 Å². The molecule has 2 aliphatic heterocycles. The summed E-state index contributed by atoms with van der Waals surface area (Å²) in [5.74, 6) is 1.41. The first-order chi connectivity index (χ1) is 17.8. The zero-order chi connectivity index (χ0) is 26.3. The van der Waals surface area contributed by atoms with E-state index in [0.29, 0.717) is 29.7 Å². The van der Waals surface area contributed by atoms with E-state index in [-0.39, 0.29) is 11.3 Å². The Morgan fingerprint density at radius 2 is 2.00 bits per heavy atom. The van der Waals surface area contributed by atoms with E-state index in [1.54, 1.807) is 12.4 Å². The highest BCUT2D eigenvalue weighted by atomic mass is 35.5.